The first-order chi connectivity index (χ1) is 15.7. The van der Waals surface area contributed by atoms with Gasteiger partial charge in [-0.25, -0.2) is 0 Å². The van der Waals surface area contributed by atoms with Crippen LogP contribution in [0.5, 0.6) is 0 Å². The molecule has 1 aromatic rings. The van der Waals surface area contributed by atoms with Crippen LogP contribution in [0.3, 0.4) is 0 Å². The molecule has 1 saturated heterocycles. The van der Waals surface area contributed by atoms with E-state index in [1.807, 2.05) is 30.3 Å². The molecule has 3 amide bonds. The average Bonchev–Trinajstić information content (AvgIpc) is 3.25. The van der Waals surface area contributed by atoms with Gasteiger partial charge in [-0.1, -0.05) is 30.3 Å². The summed E-state index contributed by atoms with van der Waals surface area (Å²) in [7, 11) is -1.77. The topological polar surface area (TPSA) is 183 Å². The number of hydrogen-bond donors (Lipinski definition) is 6. The van der Waals surface area contributed by atoms with Crippen LogP contribution in [-0.2, 0) is 20.8 Å². The van der Waals surface area contributed by atoms with Gasteiger partial charge in [-0.05, 0) is 31.2 Å². The smallest absolute Gasteiger partial charge is 0.426 e. The molecule has 0 spiro atoms. The van der Waals surface area contributed by atoms with Crippen LogP contribution < -0.4 is 22.1 Å². The lowest BCUT2D eigenvalue weighted by Gasteiger charge is -2.30. The quantitative estimate of drug-likeness (QED) is 0.0981. The zero-order valence-electron chi connectivity index (χ0n) is 18.8. The van der Waals surface area contributed by atoms with E-state index in [4.69, 9.17) is 11.5 Å². The number of guanidine groups is 1. The van der Waals surface area contributed by atoms with E-state index in [0.29, 0.717) is 32.2 Å². The number of benzene rings is 1. The Hall–Kier alpha value is -3.12. The molecule has 0 aliphatic carbocycles. The Morgan fingerprint density at radius 1 is 1.21 bits per heavy atom. The molecule has 180 valence electrons. The van der Waals surface area contributed by atoms with Gasteiger partial charge in [-0.15, -0.1) is 0 Å². The number of hydrogen-bond acceptors (Lipinski definition) is 6. The zero-order valence-corrected chi connectivity index (χ0v) is 18.8. The summed E-state index contributed by atoms with van der Waals surface area (Å²) in [4.78, 5) is 43.2. The van der Waals surface area contributed by atoms with Gasteiger partial charge in [0.05, 0.1) is 5.94 Å². The number of rotatable bonds is 11. The number of carbonyl (C=O) groups excluding carboxylic acids is 3. The Kier molecular flexibility index (Phi) is 10.1. The zero-order chi connectivity index (χ0) is 24.4. The SMILES string of the molecule is CC(=O)NC(Cc1ccccc1)C(=O)N1CCC[C@H]1C(=O)NC(CCCN=C(N)N)B(O)O. The first-order valence-electron chi connectivity index (χ1n) is 11.0. The maximum absolute atomic E-state index is 13.3. The number of likely N-dealkylation sites (tertiary alicyclic amines) is 1. The molecule has 1 fully saturated rings. The van der Waals surface area contributed by atoms with Gasteiger partial charge in [0.1, 0.15) is 12.1 Å². The molecule has 8 N–H and O–H groups in total. The average molecular weight is 460 g/mol. The summed E-state index contributed by atoms with van der Waals surface area (Å²) in [5.74, 6) is -2.15. The summed E-state index contributed by atoms with van der Waals surface area (Å²) in [5, 5.41) is 24.7. The van der Waals surface area contributed by atoms with E-state index in [9.17, 15) is 24.4 Å². The van der Waals surface area contributed by atoms with E-state index in [-0.39, 0.29) is 30.7 Å². The van der Waals surface area contributed by atoms with Crippen LogP contribution in [0.15, 0.2) is 35.3 Å². The van der Waals surface area contributed by atoms with Gasteiger partial charge in [-0.2, -0.15) is 0 Å². The monoisotopic (exact) mass is 460 g/mol. The first kappa shape index (κ1) is 26.1. The predicted octanol–water partition coefficient (Wildman–Crippen LogP) is -1.72. The third kappa shape index (κ3) is 8.39. The van der Waals surface area contributed by atoms with Crippen molar-refractivity contribution in [3.8, 4) is 0 Å². The maximum atomic E-state index is 13.3. The fourth-order valence-corrected chi connectivity index (χ4v) is 3.89. The highest BCUT2D eigenvalue weighted by atomic mass is 16.4. The normalized spacial score (nSPS) is 17.1. The van der Waals surface area contributed by atoms with Crippen LogP contribution in [0.25, 0.3) is 0 Å². The Labute approximate surface area is 193 Å². The molecule has 1 aliphatic heterocycles. The summed E-state index contributed by atoms with van der Waals surface area (Å²) in [6.07, 6.45) is 2.03. The van der Waals surface area contributed by atoms with E-state index in [1.54, 1.807) is 0 Å². The predicted molar refractivity (Wildman–Crippen MR) is 125 cm³/mol. The Morgan fingerprint density at radius 3 is 2.52 bits per heavy atom. The number of aliphatic imine (C=N–C) groups is 1. The van der Waals surface area contributed by atoms with Crippen LogP contribution in [0.2, 0.25) is 0 Å². The largest absolute Gasteiger partial charge is 0.475 e. The minimum absolute atomic E-state index is 0.0653. The first-order valence-corrected chi connectivity index (χ1v) is 11.0. The van der Waals surface area contributed by atoms with Gasteiger partial charge >= 0.3 is 7.12 Å². The van der Waals surface area contributed by atoms with E-state index in [0.717, 1.165) is 5.56 Å². The molecule has 11 nitrogen and oxygen atoms in total. The molecule has 1 aromatic carbocycles. The van der Waals surface area contributed by atoms with Crippen molar-refractivity contribution in [2.75, 3.05) is 13.1 Å². The molecule has 2 unspecified atom stereocenters. The summed E-state index contributed by atoms with van der Waals surface area (Å²) in [5.41, 5.74) is 11.4. The minimum atomic E-state index is -1.77. The van der Waals surface area contributed by atoms with Gasteiger partial charge in [-0.3, -0.25) is 19.4 Å². The second kappa shape index (κ2) is 12.8. The van der Waals surface area contributed by atoms with E-state index < -0.39 is 31.1 Å². The van der Waals surface area contributed by atoms with Gasteiger partial charge in [0.2, 0.25) is 17.7 Å². The van der Waals surface area contributed by atoms with Crippen molar-refractivity contribution in [3.05, 3.63) is 35.9 Å². The van der Waals surface area contributed by atoms with Crippen LogP contribution in [0, 0.1) is 0 Å². The van der Waals surface area contributed by atoms with Crippen molar-refractivity contribution < 1.29 is 24.4 Å². The highest BCUT2D eigenvalue weighted by Crippen LogP contribution is 2.20. The van der Waals surface area contributed by atoms with Gasteiger partial charge < -0.3 is 37.0 Å². The molecule has 3 atom stereocenters. The lowest BCUT2D eigenvalue weighted by molar-refractivity contribution is -0.141. The van der Waals surface area contributed by atoms with Crippen LogP contribution >= 0.6 is 0 Å². The molecule has 1 heterocycles. The standard InChI is InChI=1S/C21H33BN6O5/c1-14(29)26-16(13-15-7-3-2-4-8-15)20(31)28-12-6-9-17(28)19(30)27-18(22(32)33)10-5-11-25-21(23)24/h2-4,7-8,16-18,32-33H,5-6,9-13H2,1H3,(H,26,29)(H,27,30)(H4,23,24,25)/t16?,17-,18?/m0/s1. The van der Waals surface area contributed by atoms with Gasteiger partial charge in [0.15, 0.2) is 5.96 Å². The number of amides is 3. The van der Waals surface area contributed by atoms with Crippen LogP contribution in [0.1, 0.15) is 38.2 Å². The molecule has 2 rings (SSSR count). The van der Waals surface area contributed by atoms with Crippen molar-refractivity contribution in [1.82, 2.24) is 15.5 Å². The van der Waals surface area contributed by atoms with Gasteiger partial charge in [0, 0.05) is 26.4 Å². The third-order valence-corrected chi connectivity index (χ3v) is 5.45. The van der Waals surface area contributed by atoms with Crippen LogP contribution in [-0.4, -0.2) is 76.9 Å². The van der Waals surface area contributed by atoms with Crippen molar-refractivity contribution in [3.63, 3.8) is 0 Å². The summed E-state index contributed by atoms with van der Waals surface area (Å²) in [6, 6.07) is 7.73. The molecule has 0 saturated carbocycles. The van der Waals surface area contributed by atoms with Crippen molar-refractivity contribution in [2.45, 2.75) is 57.1 Å². The second-order valence-electron chi connectivity index (χ2n) is 8.11. The molecule has 12 heteroatoms. The molecule has 33 heavy (non-hydrogen) atoms. The molecule has 0 radical (unpaired) electrons. The van der Waals surface area contributed by atoms with Crippen molar-refractivity contribution in [1.29, 1.82) is 0 Å². The number of nitrogens with two attached hydrogens (primary N) is 2. The minimum Gasteiger partial charge on any atom is -0.426 e. The Balaban J connectivity index is 2.06. The fourth-order valence-electron chi connectivity index (χ4n) is 3.89. The molecule has 0 aromatic heterocycles. The Bertz CT molecular complexity index is 834. The molecule has 1 aliphatic rings. The fraction of sp³-hybridized carbons (Fsp3) is 0.524. The second-order valence-corrected chi connectivity index (χ2v) is 8.11. The van der Waals surface area contributed by atoms with Crippen molar-refractivity contribution >= 4 is 30.8 Å². The summed E-state index contributed by atoms with van der Waals surface area (Å²) < 4.78 is 0. The number of nitrogens with one attached hydrogen (secondary N) is 2. The van der Waals surface area contributed by atoms with Gasteiger partial charge in [0.25, 0.3) is 0 Å². The van der Waals surface area contributed by atoms with E-state index in [1.165, 1.54) is 11.8 Å². The third-order valence-electron chi connectivity index (χ3n) is 5.45. The molecular formula is C21H33BN6O5. The van der Waals surface area contributed by atoms with Crippen molar-refractivity contribution in [2.24, 2.45) is 16.5 Å². The lowest BCUT2D eigenvalue weighted by atomic mass is 9.76. The highest BCUT2D eigenvalue weighted by molar-refractivity contribution is 6.43. The molecule has 0 bridgehead atoms. The lowest BCUT2D eigenvalue weighted by Crippen LogP contribution is -2.56. The highest BCUT2D eigenvalue weighted by Gasteiger charge is 2.39. The maximum Gasteiger partial charge on any atom is 0.475 e. The molecular weight excluding hydrogens is 427 g/mol. The Morgan fingerprint density at radius 2 is 1.91 bits per heavy atom. The summed E-state index contributed by atoms with van der Waals surface area (Å²) in [6.45, 7) is 2.00. The number of carbonyl (C=O) groups is 3. The number of nitrogens with zero attached hydrogens (tertiary/aromatic N) is 2. The van der Waals surface area contributed by atoms with E-state index in [2.05, 4.69) is 15.6 Å². The summed E-state index contributed by atoms with van der Waals surface area (Å²) >= 11 is 0. The van der Waals surface area contributed by atoms with Crippen LogP contribution in [0.4, 0.5) is 0 Å². The van der Waals surface area contributed by atoms with E-state index >= 15 is 0 Å².